The zero-order valence-electron chi connectivity index (χ0n) is 18.2. The predicted octanol–water partition coefficient (Wildman–Crippen LogP) is 4.66. The molecule has 12 heteroatoms. The van der Waals surface area contributed by atoms with Crippen molar-refractivity contribution in [3.8, 4) is 5.75 Å². The highest BCUT2D eigenvalue weighted by molar-refractivity contribution is 6.32. The van der Waals surface area contributed by atoms with Gasteiger partial charge < -0.3 is 19.8 Å². The molecule has 178 valence electrons. The van der Waals surface area contributed by atoms with Gasteiger partial charge in [-0.2, -0.15) is 5.10 Å². The molecule has 4 aromatic rings. The standard InChI is InChI=1S/C23H18ClN5O6/c1-28-11-10-19(27-28)22(30)25-14-2-4-15(5-3-14)26-23(31)20-9-7-17(35-20)13-34-21-12-16(29(32)33)6-8-18(21)24/h2-12H,13H2,1H3,(H,25,30)(H,26,31). The fourth-order valence-electron chi connectivity index (χ4n) is 3.00. The van der Waals surface area contributed by atoms with E-state index < -0.39 is 10.8 Å². The number of carbonyl (C=O) groups excluding carboxylic acids is 2. The number of rotatable bonds is 8. The first-order valence-electron chi connectivity index (χ1n) is 10.2. The number of hydrogen-bond donors (Lipinski definition) is 2. The summed E-state index contributed by atoms with van der Waals surface area (Å²) in [7, 11) is 1.72. The maximum absolute atomic E-state index is 12.5. The van der Waals surface area contributed by atoms with Crippen LogP contribution in [0.5, 0.6) is 5.75 Å². The lowest BCUT2D eigenvalue weighted by molar-refractivity contribution is -0.384. The number of ether oxygens (including phenoxy) is 1. The van der Waals surface area contributed by atoms with Crippen LogP contribution in [0.15, 0.2) is 71.3 Å². The monoisotopic (exact) mass is 495 g/mol. The number of carbonyl (C=O) groups is 2. The smallest absolute Gasteiger partial charge is 0.291 e. The minimum absolute atomic E-state index is 0.0428. The van der Waals surface area contributed by atoms with Crippen LogP contribution in [0.25, 0.3) is 0 Å². The fraction of sp³-hybridized carbons (Fsp3) is 0.0870. The lowest BCUT2D eigenvalue weighted by Gasteiger charge is -2.07. The van der Waals surface area contributed by atoms with Gasteiger partial charge in [0.15, 0.2) is 11.5 Å². The molecular formula is C23H18ClN5O6. The Bertz CT molecular complexity index is 1400. The number of nitro benzene ring substituents is 1. The van der Waals surface area contributed by atoms with Crippen LogP contribution in [-0.2, 0) is 13.7 Å². The number of non-ortho nitro benzene ring substituents is 1. The topological polar surface area (TPSA) is 142 Å². The minimum Gasteiger partial charge on any atom is -0.484 e. The quantitative estimate of drug-likeness (QED) is 0.267. The third kappa shape index (κ3) is 5.84. The van der Waals surface area contributed by atoms with E-state index in [1.165, 1.54) is 28.9 Å². The van der Waals surface area contributed by atoms with E-state index in [-0.39, 0.29) is 40.4 Å². The molecule has 0 aliphatic heterocycles. The molecule has 0 fully saturated rings. The average molecular weight is 496 g/mol. The van der Waals surface area contributed by atoms with Gasteiger partial charge >= 0.3 is 0 Å². The molecule has 0 bridgehead atoms. The summed E-state index contributed by atoms with van der Waals surface area (Å²) in [5, 5.41) is 20.6. The first-order valence-corrected chi connectivity index (χ1v) is 10.5. The molecule has 0 radical (unpaired) electrons. The van der Waals surface area contributed by atoms with E-state index in [1.54, 1.807) is 49.6 Å². The van der Waals surface area contributed by atoms with Gasteiger partial charge in [-0.1, -0.05) is 11.6 Å². The van der Waals surface area contributed by atoms with Crippen LogP contribution < -0.4 is 15.4 Å². The Morgan fingerprint density at radius 2 is 1.74 bits per heavy atom. The van der Waals surface area contributed by atoms with Gasteiger partial charge in [-0.05, 0) is 48.5 Å². The van der Waals surface area contributed by atoms with E-state index in [9.17, 15) is 19.7 Å². The highest BCUT2D eigenvalue weighted by atomic mass is 35.5. The molecule has 2 heterocycles. The number of nitrogens with zero attached hydrogens (tertiary/aromatic N) is 3. The van der Waals surface area contributed by atoms with Gasteiger partial charge in [0.1, 0.15) is 18.1 Å². The molecule has 2 aromatic heterocycles. The number of halogens is 1. The molecule has 2 aromatic carbocycles. The van der Waals surface area contributed by atoms with Crippen LogP contribution in [0.1, 0.15) is 26.8 Å². The summed E-state index contributed by atoms with van der Waals surface area (Å²) in [6, 6.07) is 15.0. The van der Waals surface area contributed by atoms with Crippen molar-refractivity contribution in [3.63, 3.8) is 0 Å². The Labute approximate surface area is 203 Å². The van der Waals surface area contributed by atoms with Crippen LogP contribution in [0, 0.1) is 10.1 Å². The highest BCUT2D eigenvalue weighted by Gasteiger charge is 2.15. The Hall–Kier alpha value is -4.64. The summed E-state index contributed by atoms with van der Waals surface area (Å²) in [6.45, 7) is -0.0845. The molecule has 0 aliphatic rings. The average Bonchev–Trinajstić information content (AvgIpc) is 3.49. The number of aryl methyl sites for hydroxylation is 1. The Morgan fingerprint density at radius 3 is 2.37 bits per heavy atom. The zero-order chi connectivity index (χ0) is 24.9. The summed E-state index contributed by atoms with van der Waals surface area (Å²) in [5.74, 6) is -0.348. The van der Waals surface area contributed by atoms with Gasteiger partial charge in [0.25, 0.3) is 17.5 Å². The molecule has 0 aliphatic carbocycles. The summed E-state index contributed by atoms with van der Waals surface area (Å²) >= 11 is 6.01. The second-order valence-electron chi connectivity index (χ2n) is 7.29. The van der Waals surface area contributed by atoms with Gasteiger partial charge in [-0.15, -0.1) is 0 Å². The van der Waals surface area contributed by atoms with E-state index in [4.69, 9.17) is 20.8 Å². The largest absolute Gasteiger partial charge is 0.484 e. The summed E-state index contributed by atoms with van der Waals surface area (Å²) in [4.78, 5) is 35.0. The summed E-state index contributed by atoms with van der Waals surface area (Å²) < 4.78 is 12.5. The molecule has 0 spiro atoms. The number of nitrogens with one attached hydrogen (secondary N) is 2. The fourth-order valence-corrected chi connectivity index (χ4v) is 3.18. The molecule has 2 N–H and O–H groups in total. The molecule has 4 rings (SSSR count). The van der Waals surface area contributed by atoms with Crippen molar-refractivity contribution in [1.29, 1.82) is 0 Å². The molecule has 35 heavy (non-hydrogen) atoms. The first kappa shape index (κ1) is 23.5. The number of benzene rings is 2. The van der Waals surface area contributed by atoms with Gasteiger partial charge in [-0.25, -0.2) is 0 Å². The molecule has 0 saturated heterocycles. The van der Waals surface area contributed by atoms with Gasteiger partial charge in [0, 0.05) is 30.7 Å². The van der Waals surface area contributed by atoms with Gasteiger partial charge in [-0.3, -0.25) is 24.4 Å². The minimum atomic E-state index is -0.556. The number of amides is 2. The van der Waals surface area contributed by atoms with Crippen molar-refractivity contribution in [1.82, 2.24) is 9.78 Å². The normalized spacial score (nSPS) is 10.6. The maximum atomic E-state index is 12.5. The molecule has 0 unspecified atom stereocenters. The third-order valence-corrected chi connectivity index (χ3v) is 5.04. The van der Waals surface area contributed by atoms with Gasteiger partial charge in [0.05, 0.1) is 16.0 Å². The van der Waals surface area contributed by atoms with Crippen LogP contribution >= 0.6 is 11.6 Å². The SMILES string of the molecule is Cn1ccc(C(=O)Nc2ccc(NC(=O)c3ccc(COc4cc([N+](=O)[O-])ccc4Cl)o3)cc2)n1. The molecule has 0 saturated carbocycles. The second-order valence-corrected chi connectivity index (χ2v) is 7.69. The maximum Gasteiger partial charge on any atom is 0.291 e. The Kier molecular flexibility index (Phi) is 6.78. The van der Waals surface area contributed by atoms with Crippen LogP contribution in [0.4, 0.5) is 17.1 Å². The molecular weight excluding hydrogens is 478 g/mol. The first-order chi connectivity index (χ1) is 16.8. The summed E-state index contributed by atoms with van der Waals surface area (Å²) in [6.07, 6.45) is 1.67. The summed E-state index contributed by atoms with van der Waals surface area (Å²) in [5.41, 5.74) is 1.15. The number of aromatic nitrogens is 2. The van der Waals surface area contributed by atoms with Crippen molar-refractivity contribution in [2.45, 2.75) is 6.61 Å². The Morgan fingerprint density at radius 1 is 1.06 bits per heavy atom. The number of nitro groups is 1. The second kappa shape index (κ2) is 10.1. The lowest BCUT2D eigenvalue weighted by atomic mass is 10.2. The molecule has 11 nitrogen and oxygen atoms in total. The van der Waals surface area contributed by atoms with Crippen LogP contribution in [-0.4, -0.2) is 26.5 Å². The number of anilines is 2. The van der Waals surface area contributed by atoms with Crippen molar-refractivity contribution in [3.05, 3.63) is 99.2 Å². The number of hydrogen-bond acceptors (Lipinski definition) is 7. The van der Waals surface area contributed by atoms with Crippen molar-refractivity contribution < 1.29 is 23.7 Å². The highest BCUT2D eigenvalue weighted by Crippen LogP contribution is 2.29. The van der Waals surface area contributed by atoms with Crippen LogP contribution in [0.3, 0.4) is 0 Å². The van der Waals surface area contributed by atoms with E-state index in [0.29, 0.717) is 17.1 Å². The van der Waals surface area contributed by atoms with Crippen molar-refractivity contribution >= 4 is 40.5 Å². The van der Waals surface area contributed by atoms with Crippen molar-refractivity contribution in [2.75, 3.05) is 10.6 Å². The van der Waals surface area contributed by atoms with E-state index in [0.717, 1.165) is 0 Å². The van der Waals surface area contributed by atoms with Crippen molar-refractivity contribution in [2.24, 2.45) is 7.05 Å². The predicted molar refractivity (Wildman–Crippen MR) is 127 cm³/mol. The molecule has 2 amide bonds. The van der Waals surface area contributed by atoms with Gasteiger partial charge in [0.2, 0.25) is 0 Å². The lowest BCUT2D eigenvalue weighted by Crippen LogP contribution is -2.13. The van der Waals surface area contributed by atoms with Crippen LogP contribution in [0.2, 0.25) is 5.02 Å². The molecule has 0 atom stereocenters. The zero-order valence-corrected chi connectivity index (χ0v) is 19.0. The van der Waals surface area contributed by atoms with E-state index in [1.807, 2.05) is 0 Å². The van der Waals surface area contributed by atoms with E-state index >= 15 is 0 Å². The number of furan rings is 1. The third-order valence-electron chi connectivity index (χ3n) is 4.73. The Balaban J connectivity index is 1.33. The van der Waals surface area contributed by atoms with E-state index in [2.05, 4.69) is 15.7 Å².